The molecule has 0 aliphatic heterocycles. The minimum atomic E-state index is 0.424. The van der Waals surface area contributed by atoms with Gasteiger partial charge < -0.3 is 5.32 Å². The molecule has 0 amide bonds. The van der Waals surface area contributed by atoms with Crippen LogP contribution in [0, 0.1) is 12.8 Å². The molecule has 0 aromatic heterocycles. The van der Waals surface area contributed by atoms with Crippen molar-refractivity contribution in [2.75, 3.05) is 7.05 Å². The minimum absolute atomic E-state index is 0.424. The maximum absolute atomic E-state index is 6.17. The number of hydrogen-bond donors (Lipinski definition) is 1. The molecule has 1 aromatic rings. The van der Waals surface area contributed by atoms with Crippen LogP contribution in [0.15, 0.2) is 18.2 Å². The Labute approximate surface area is 111 Å². The predicted octanol–water partition coefficient (Wildman–Crippen LogP) is 4.74. The lowest BCUT2D eigenvalue weighted by Crippen LogP contribution is -2.17. The maximum Gasteiger partial charge on any atom is 0.0438 e. The van der Waals surface area contributed by atoms with Crippen LogP contribution in [0.4, 0.5) is 0 Å². The first-order valence-corrected chi connectivity index (χ1v) is 6.86. The normalized spacial score (nSPS) is 13.1. The molecule has 1 rings (SSSR count). The second kappa shape index (κ2) is 7.03. The molecule has 0 aliphatic rings. The topological polar surface area (TPSA) is 12.0 Å². The van der Waals surface area contributed by atoms with Gasteiger partial charge in [0.05, 0.1) is 0 Å². The molecule has 1 nitrogen and oxygen atoms in total. The summed E-state index contributed by atoms with van der Waals surface area (Å²) >= 11 is 6.17. The highest BCUT2D eigenvalue weighted by Crippen LogP contribution is 2.27. The van der Waals surface area contributed by atoms with Gasteiger partial charge in [-0.1, -0.05) is 50.4 Å². The predicted molar refractivity (Wildman–Crippen MR) is 76.7 cm³/mol. The Kier molecular flexibility index (Phi) is 6.01. The van der Waals surface area contributed by atoms with Crippen LogP contribution in [0.5, 0.6) is 0 Å². The van der Waals surface area contributed by atoms with Crippen molar-refractivity contribution in [1.82, 2.24) is 5.32 Å². The Hall–Kier alpha value is -0.530. The number of rotatable bonds is 6. The third kappa shape index (κ3) is 4.33. The van der Waals surface area contributed by atoms with Crippen molar-refractivity contribution in [2.24, 2.45) is 5.92 Å². The lowest BCUT2D eigenvalue weighted by molar-refractivity contribution is 0.469. The van der Waals surface area contributed by atoms with E-state index >= 15 is 0 Å². The lowest BCUT2D eigenvalue weighted by Gasteiger charge is -2.20. The second-order valence-corrected chi connectivity index (χ2v) is 5.53. The first kappa shape index (κ1) is 14.5. The van der Waals surface area contributed by atoms with Crippen molar-refractivity contribution < 1.29 is 0 Å². The summed E-state index contributed by atoms with van der Waals surface area (Å²) in [5.41, 5.74) is 2.54. The van der Waals surface area contributed by atoms with E-state index in [0.29, 0.717) is 6.04 Å². The van der Waals surface area contributed by atoms with Gasteiger partial charge in [-0.2, -0.15) is 0 Å². The van der Waals surface area contributed by atoms with Gasteiger partial charge in [0.15, 0.2) is 0 Å². The van der Waals surface area contributed by atoms with Crippen LogP contribution < -0.4 is 5.32 Å². The third-order valence-corrected chi connectivity index (χ3v) is 3.72. The molecule has 1 unspecified atom stereocenters. The van der Waals surface area contributed by atoms with E-state index in [1.165, 1.54) is 30.4 Å². The zero-order valence-electron chi connectivity index (χ0n) is 11.4. The van der Waals surface area contributed by atoms with E-state index in [-0.39, 0.29) is 0 Å². The van der Waals surface area contributed by atoms with Crippen LogP contribution in [0.3, 0.4) is 0 Å². The molecule has 96 valence electrons. The van der Waals surface area contributed by atoms with E-state index in [4.69, 9.17) is 11.6 Å². The summed E-state index contributed by atoms with van der Waals surface area (Å²) in [6.07, 6.45) is 3.72. The summed E-state index contributed by atoms with van der Waals surface area (Å²) in [4.78, 5) is 0. The molecule has 17 heavy (non-hydrogen) atoms. The van der Waals surface area contributed by atoms with E-state index in [1.54, 1.807) is 0 Å². The van der Waals surface area contributed by atoms with E-state index in [0.717, 1.165) is 10.9 Å². The van der Waals surface area contributed by atoms with Crippen molar-refractivity contribution in [1.29, 1.82) is 0 Å². The molecule has 1 N–H and O–H groups in total. The fourth-order valence-electron chi connectivity index (χ4n) is 2.19. The third-order valence-electron chi connectivity index (χ3n) is 3.31. The first-order chi connectivity index (χ1) is 8.06. The Balaban J connectivity index is 2.69. The molecule has 0 heterocycles. The summed E-state index contributed by atoms with van der Waals surface area (Å²) in [7, 11) is 2.03. The van der Waals surface area contributed by atoms with Gasteiger partial charge >= 0.3 is 0 Å². The summed E-state index contributed by atoms with van der Waals surface area (Å²) in [6, 6.07) is 6.60. The van der Waals surface area contributed by atoms with E-state index in [2.05, 4.69) is 32.2 Å². The molecule has 0 aliphatic carbocycles. The van der Waals surface area contributed by atoms with Gasteiger partial charge in [0.1, 0.15) is 0 Å². The van der Waals surface area contributed by atoms with Gasteiger partial charge in [-0.05, 0) is 43.5 Å². The molecule has 0 spiro atoms. The average Bonchev–Trinajstić information content (AvgIpc) is 2.28. The van der Waals surface area contributed by atoms with Crippen LogP contribution in [-0.2, 0) is 0 Å². The highest BCUT2D eigenvalue weighted by molar-refractivity contribution is 6.31. The molecule has 0 radical (unpaired) electrons. The molecule has 2 heteroatoms. The molecule has 1 atom stereocenters. The molecule has 1 aromatic carbocycles. The Bertz CT molecular complexity index is 347. The number of hydrogen-bond acceptors (Lipinski definition) is 1. The molecule has 0 bridgehead atoms. The van der Waals surface area contributed by atoms with Crippen LogP contribution in [0.25, 0.3) is 0 Å². The van der Waals surface area contributed by atoms with E-state index < -0.39 is 0 Å². The van der Waals surface area contributed by atoms with E-state index in [9.17, 15) is 0 Å². The smallest absolute Gasteiger partial charge is 0.0438 e. The second-order valence-electron chi connectivity index (χ2n) is 5.12. The van der Waals surface area contributed by atoms with Crippen LogP contribution in [0.2, 0.25) is 5.02 Å². The monoisotopic (exact) mass is 253 g/mol. The highest BCUT2D eigenvalue weighted by Gasteiger charge is 2.13. The van der Waals surface area contributed by atoms with Crippen molar-refractivity contribution >= 4 is 11.6 Å². The zero-order chi connectivity index (χ0) is 12.8. The van der Waals surface area contributed by atoms with Gasteiger partial charge in [0, 0.05) is 11.1 Å². The lowest BCUT2D eigenvalue weighted by atomic mass is 9.95. The quantitative estimate of drug-likeness (QED) is 0.773. The summed E-state index contributed by atoms with van der Waals surface area (Å²) in [6.45, 7) is 6.66. The molecule has 0 saturated heterocycles. The van der Waals surface area contributed by atoms with Crippen LogP contribution in [0.1, 0.15) is 50.3 Å². The van der Waals surface area contributed by atoms with Crippen molar-refractivity contribution in [3.8, 4) is 0 Å². The maximum atomic E-state index is 6.17. The van der Waals surface area contributed by atoms with Crippen molar-refractivity contribution in [3.05, 3.63) is 34.3 Å². The van der Waals surface area contributed by atoms with Gasteiger partial charge in [-0.15, -0.1) is 0 Å². The fraction of sp³-hybridized carbons (Fsp3) is 0.600. The van der Waals surface area contributed by atoms with Gasteiger partial charge in [0.25, 0.3) is 0 Å². The van der Waals surface area contributed by atoms with E-state index in [1.807, 2.05) is 19.2 Å². The molecular formula is C15H24ClN. The summed E-state index contributed by atoms with van der Waals surface area (Å²) in [5, 5.41) is 4.27. The van der Waals surface area contributed by atoms with Crippen LogP contribution >= 0.6 is 11.6 Å². The largest absolute Gasteiger partial charge is 0.313 e. The molecular weight excluding hydrogens is 230 g/mol. The van der Waals surface area contributed by atoms with Gasteiger partial charge in [0.2, 0.25) is 0 Å². The Morgan fingerprint density at radius 1 is 1.24 bits per heavy atom. The molecule has 0 saturated carbocycles. The summed E-state index contributed by atoms with van der Waals surface area (Å²) in [5.74, 6) is 0.785. The highest BCUT2D eigenvalue weighted by atomic mass is 35.5. The number of nitrogens with one attached hydrogen (secondary N) is 1. The first-order valence-electron chi connectivity index (χ1n) is 6.48. The SMILES string of the molecule is CNC(CCCC(C)C)c1cccc(Cl)c1C. The summed E-state index contributed by atoms with van der Waals surface area (Å²) < 4.78 is 0. The zero-order valence-corrected chi connectivity index (χ0v) is 12.1. The van der Waals surface area contributed by atoms with Gasteiger partial charge in [-0.25, -0.2) is 0 Å². The number of halogens is 1. The van der Waals surface area contributed by atoms with Crippen LogP contribution in [-0.4, -0.2) is 7.05 Å². The van der Waals surface area contributed by atoms with Gasteiger partial charge in [-0.3, -0.25) is 0 Å². The minimum Gasteiger partial charge on any atom is -0.313 e. The Morgan fingerprint density at radius 2 is 1.94 bits per heavy atom. The van der Waals surface area contributed by atoms with Crippen molar-refractivity contribution in [2.45, 2.75) is 46.1 Å². The standard InChI is InChI=1S/C15H24ClN/c1-11(2)7-5-10-15(17-4)13-8-6-9-14(16)12(13)3/h6,8-9,11,15,17H,5,7,10H2,1-4H3. The average molecular weight is 254 g/mol. The number of benzene rings is 1. The molecule has 0 fully saturated rings. The Morgan fingerprint density at radius 3 is 2.53 bits per heavy atom. The van der Waals surface area contributed by atoms with Crippen molar-refractivity contribution in [3.63, 3.8) is 0 Å². The fourth-order valence-corrected chi connectivity index (χ4v) is 2.37.